The van der Waals surface area contributed by atoms with E-state index in [0.29, 0.717) is 17.5 Å². The first kappa shape index (κ1) is 18.0. The van der Waals surface area contributed by atoms with E-state index >= 15 is 0 Å². The second-order valence-corrected chi connectivity index (χ2v) is 6.76. The Labute approximate surface area is 159 Å². The van der Waals surface area contributed by atoms with Gasteiger partial charge in [0.15, 0.2) is 0 Å². The van der Waals surface area contributed by atoms with Crippen molar-refractivity contribution in [3.05, 3.63) is 94.3 Å². The van der Waals surface area contributed by atoms with E-state index in [1.54, 1.807) is 6.07 Å². The molecule has 0 bridgehead atoms. The van der Waals surface area contributed by atoms with Crippen LogP contribution >= 0.6 is 0 Å². The largest absolute Gasteiger partial charge is 0.354 e. The van der Waals surface area contributed by atoms with Crippen LogP contribution in [0.25, 0.3) is 0 Å². The smallest absolute Gasteiger partial charge is 0.101 e. The highest BCUT2D eigenvalue weighted by molar-refractivity contribution is 5.58. The van der Waals surface area contributed by atoms with Crippen molar-refractivity contribution < 1.29 is 0 Å². The van der Waals surface area contributed by atoms with Crippen molar-refractivity contribution in [1.29, 1.82) is 15.8 Å². The van der Waals surface area contributed by atoms with Crippen LogP contribution < -0.4 is 0 Å². The number of benzene rings is 2. The molecule has 3 aromatic rings. The minimum absolute atomic E-state index is 0.229. The van der Waals surface area contributed by atoms with Gasteiger partial charge in [-0.25, -0.2) is 0 Å². The van der Waals surface area contributed by atoms with Crippen LogP contribution in [0.1, 0.15) is 40.4 Å². The third kappa shape index (κ3) is 3.20. The second-order valence-electron chi connectivity index (χ2n) is 6.76. The van der Waals surface area contributed by atoms with Gasteiger partial charge in [0.2, 0.25) is 0 Å². The molecule has 0 aliphatic carbocycles. The highest BCUT2D eigenvalue weighted by Gasteiger charge is 2.33. The molecule has 0 N–H and O–H groups in total. The Bertz CT molecular complexity index is 1100. The van der Waals surface area contributed by atoms with Gasteiger partial charge in [0, 0.05) is 30.8 Å². The lowest BCUT2D eigenvalue weighted by molar-refractivity contribution is 0.546. The van der Waals surface area contributed by atoms with E-state index in [4.69, 9.17) is 0 Å². The van der Waals surface area contributed by atoms with Crippen LogP contribution in [0.15, 0.2) is 60.8 Å². The molecule has 0 saturated carbocycles. The maximum atomic E-state index is 9.75. The summed E-state index contributed by atoms with van der Waals surface area (Å²) in [4.78, 5) is 0. The molecule has 0 aliphatic heterocycles. The molecule has 2 aromatic carbocycles. The van der Waals surface area contributed by atoms with Gasteiger partial charge < -0.3 is 4.57 Å². The zero-order valence-electron chi connectivity index (χ0n) is 15.3. The number of nitrogens with zero attached hydrogens (tertiary/aromatic N) is 4. The molecule has 0 radical (unpaired) electrons. The van der Waals surface area contributed by atoms with Gasteiger partial charge in [0.1, 0.15) is 12.1 Å². The van der Waals surface area contributed by atoms with Crippen molar-refractivity contribution in [3.63, 3.8) is 0 Å². The lowest BCUT2D eigenvalue weighted by atomic mass is 9.70. The first-order valence-electron chi connectivity index (χ1n) is 8.58. The summed E-state index contributed by atoms with van der Waals surface area (Å²) in [7, 11) is 1.99. The summed E-state index contributed by atoms with van der Waals surface area (Å²) in [5.74, 6) is 0. The number of nitriles is 3. The fourth-order valence-electron chi connectivity index (χ4n) is 3.53. The second kappa shape index (κ2) is 7.20. The molecule has 0 fully saturated rings. The van der Waals surface area contributed by atoms with E-state index in [9.17, 15) is 15.8 Å². The van der Waals surface area contributed by atoms with Gasteiger partial charge in [-0.1, -0.05) is 37.3 Å². The Hall–Kier alpha value is -3.81. The van der Waals surface area contributed by atoms with Crippen molar-refractivity contribution in [2.45, 2.75) is 18.8 Å². The van der Waals surface area contributed by atoms with Gasteiger partial charge >= 0.3 is 0 Å². The van der Waals surface area contributed by atoms with Gasteiger partial charge in [0.25, 0.3) is 0 Å². The molecule has 1 heterocycles. The van der Waals surface area contributed by atoms with Crippen molar-refractivity contribution in [2.24, 2.45) is 7.05 Å². The molecule has 1 aromatic heterocycles. The van der Waals surface area contributed by atoms with Gasteiger partial charge in [-0.3, -0.25) is 0 Å². The predicted octanol–water partition coefficient (Wildman–Crippen LogP) is 4.19. The van der Waals surface area contributed by atoms with Gasteiger partial charge in [0.05, 0.1) is 22.8 Å². The van der Waals surface area contributed by atoms with E-state index in [0.717, 1.165) is 16.8 Å². The lowest BCUT2D eigenvalue weighted by Crippen LogP contribution is -2.29. The monoisotopic (exact) mass is 350 g/mol. The van der Waals surface area contributed by atoms with Crippen LogP contribution in [0.4, 0.5) is 0 Å². The fraction of sp³-hybridized carbons (Fsp3) is 0.174. The minimum atomic E-state index is -0.530. The average molecular weight is 350 g/mol. The summed E-state index contributed by atoms with van der Waals surface area (Å²) in [5, 5.41) is 28.5. The van der Waals surface area contributed by atoms with Gasteiger partial charge in [-0.15, -0.1) is 0 Å². The molecule has 0 aliphatic rings. The Morgan fingerprint density at radius 3 is 2.04 bits per heavy atom. The molecule has 4 heteroatoms. The molecular weight excluding hydrogens is 332 g/mol. The number of hydrogen-bond acceptors (Lipinski definition) is 3. The Morgan fingerprint density at radius 1 is 0.852 bits per heavy atom. The number of aryl methyl sites for hydroxylation is 1. The van der Waals surface area contributed by atoms with E-state index in [1.807, 2.05) is 55.7 Å². The fourth-order valence-corrected chi connectivity index (χ4v) is 3.53. The topological polar surface area (TPSA) is 76.3 Å². The van der Waals surface area contributed by atoms with Gasteiger partial charge in [-0.05, 0) is 35.4 Å². The summed E-state index contributed by atoms with van der Waals surface area (Å²) in [5.41, 5.74) is 3.34. The van der Waals surface area contributed by atoms with Crippen LogP contribution in [0.3, 0.4) is 0 Å². The van der Waals surface area contributed by atoms with E-state index in [-0.39, 0.29) is 5.56 Å². The molecule has 0 unspecified atom stereocenters. The van der Waals surface area contributed by atoms with Gasteiger partial charge in [-0.2, -0.15) is 15.8 Å². The number of rotatable bonds is 4. The van der Waals surface area contributed by atoms with Crippen molar-refractivity contribution in [2.75, 3.05) is 0 Å². The Morgan fingerprint density at radius 2 is 1.48 bits per heavy atom. The Balaban J connectivity index is 2.29. The van der Waals surface area contributed by atoms with Crippen LogP contribution in [0.5, 0.6) is 0 Å². The standard InChI is InChI=1S/C23H18N4/c1-23(20-7-4-3-5-8-20,13-21-9-6-10-27(21)2)22-12-18(15-25)17(14-24)11-19(22)16-26/h3-12H,13H2,1-2H3/t23-/m0/s1. The molecule has 4 nitrogen and oxygen atoms in total. The molecule has 1 atom stereocenters. The molecule has 27 heavy (non-hydrogen) atoms. The number of aromatic nitrogens is 1. The summed E-state index contributed by atoms with van der Waals surface area (Å²) in [6, 6.07) is 23.6. The predicted molar refractivity (Wildman–Crippen MR) is 103 cm³/mol. The normalized spacial score (nSPS) is 12.4. The van der Waals surface area contributed by atoms with Crippen LogP contribution in [0.2, 0.25) is 0 Å². The third-order valence-electron chi connectivity index (χ3n) is 5.11. The highest BCUT2D eigenvalue weighted by atomic mass is 14.9. The molecular formula is C23H18N4. The maximum absolute atomic E-state index is 9.75. The lowest BCUT2D eigenvalue weighted by Gasteiger charge is -2.32. The SMILES string of the molecule is Cn1cccc1C[C@@](C)(c1ccccc1)c1cc(C#N)c(C#N)cc1C#N. The summed E-state index contributed by atoms with van der Waals surface area (Å²) in [6.45, 7) is 2.08. The number of hydrogen-bond donors (Lipinski definition) is 0. The van der Waals surface area contributed by atoms with Crippen LogP contribution in [0, 0.1) is 34.0 Å². The first-order chi connectivity index (χ1) is 13.0. The first-order valence-corrected chi connectivity index (χ1v) is 8.58. The average Bonchev–Trinajstić information content (AvgIpc) is 3.11. The van der Waals surface area contributed by atoms with Crippen LogP contribution in [-0.2, 0) is 18.9 Å². The molecule has 130 valence electrons. The third-order valence-corrected chi connectivity index (χ3v) is 5.11. The molecule has 0 saturated heterocycles. The van der Waals surface area contributed by atoms with Crippen molar-refractivity contribution >= 4 is 0 Å². The minimum Gasteiger partial charge on any atom is -0.354 e. The van der Waals surface area contributed by atoms with E-state index in [2.05, 4.69) is 29.7 Å². The summed E-state index contributed by atoms with van der Waals surface area (Å²) in [6.07, 6.45) is 2.65. The maximum Gasteiger partial charge on any atom is 0.101 e. The molecule has 0 amide bonds. The summed E-state index contributed by atoms with van der Waals surface area (Å²) < 4.78 is 2.06. The molecule has 0 spiro atoms. The highest BCUT2D eigenvalue weighted by Crippen LogP contribution is 2.38. The quantitative estimate of drug-likeness (QED) is 0.708. The van der Waals surface area contributed by atoms with Crippen LogP contribution in [-0.4, -0.2) is 4.57 Å². The molecule has 3 rings (SSSR count). The van der Waals surface area contributed by atoms with E-state index < -0.39 is 5.41 Å². The van der Waals surface area contributed by atoms with E-state index in [1.165, 1.54) is 6.07 Å². The summed E-state index contributed by atoms with van der Waals surface area (Å²) >= 11 is 0. The zero-order chi connectivity index (χ0) is 19.4. The van der Waals surface area contributed by atoms with Crippen molar-refractivity contribution in [3.8, 4) is 18.2 Å². The zero-order valence-corrected chi connectivity index (χ0v) is 15.3. The van der Waals surface area contributed by atoms with Crippen molar-refractivity contribution in [1.82, 2.24) is 4.57 Å². The Kier molecular flexibility index (Phi) is 4.80.